The van der Waals surface area contributed by atoms with Gasteiger partial charge in [-0.1, -0.05) is 0 Å². The summed E-state index contributed by atoms with van der Waals surface area (Å²) in [7, 11) is 0. The lowest BCUT2D eigenvalue weighted by molar-refractivity contribution is 0.128. The molecule has 0 fully saturated rings. The summed E-state index contributed by atoms with van der Waals surface area (Å²) in [5.74, 6) is 0. The van der Waals surface area contributed by atoms with E-state index in [2.05, 4.69) is 0 Å². The van der Waals surface area contributed by atoms with Gasteiger partial charge in [-0.2, -0.15) is 0 Å². The number of hydrogen-bond donors (Lipinski definition) is 1. The van der Waals surface area contributed by atoms with E-state index in [-0.39, 0.29) is 6.67 Å². The number of nitrogens with two attached hydrogens (primary N) is 1. The molecule has 0 spiro atoms. The van der Waals surface area contributed by atoms with Gasteiger partial charge < -0.3 is 10.5 Å². The molecule has 0 aliphatic heterocycles. The molecule has 0 saturated carbocycles. The molecule has 0 aromatic heterocycles. The Hall–Kier alpha value is -0.150. The molecule has 0 heterocycles. The molecule has 0 rings (SSSR count). The number of unbranched alkanes of at least 4 members (excludes halogenated alkanes) is 1. The minimum atomic E-state index is -0.236. The second-order valence-corrected chi connectivity index (χ2v) is 2.15. The van der Waals surface area contributed by atoms with Crippen LogP contribution in [-0.2, 0) is 4.74 Å². The van der Waals surface area contributed by atoms with Crippen molar-refractivity contribution in [3.8, 4) is 0 Å². The zero-order chi connectivity index (χ0) is 7.66. The smallest absolute Gasteiger partial charge is 0.0895 e. The monoisotopic (exact) mass is 149 g/mol. The highest BCUT2D eigenvalue weighted by molar-refractivity contribution is 4.38. The topological polar surface area (TPSA) is 35.2 Å². The lowest BCUT2D eigenvalue weighted by Gasteiger charge is -2.00. The average Bonchev–Trinajstić information content (AvgIpc) is 1.97. The summed E-state index contributed by atoms with van der Waals surface area (Å²) in [6, 6.07) is 0. The largest absolute Gasteiger partial charge is 0.381 e. The van der Waals surface area contributed by atoms with Crippen LogP contribution < -0.4 is 5.73 Å². The predicted molar refractivity (Wildman–Crippen MR) is 39.7 cm³/mol. The zero-order valence-electron chi connectivity index (χ0n) is 6.31. The van der Waals surface area contributed by atoms with Crippen LogP contribution >= 0.6 is 0 Å². The summed E-state index contributed by atoms with van der Waals surface area (Å²) in [5.41, 5.74) is 5.23. The number of rotatable bonds is 7. The summed E-state index contributed by atoms with van der Waals surface area (Å²) < 4.78 is 16.6. The molecule has 62 valence electrons. The minimum absolute atomic E-state index is 0.236. The molecule has 0 radical (unpaired) electrons. The second-order valence-electron chi connectivity index (χ2n) is 2.15. The fourth-order valence-corrected chi connectivity index (χ4v) is 0.586. The third-order valence-electron chi connectivity index (χ3n) is 1.17. The lowest BCUT2D eigenvalue weighted by atomic mass is 10.3. The van der Waals surface area contributed by atoms with E-state index in [0.717, 1.165) is 12.8 Å². The molecule has 0 bridgehead atoms. The van der Waals surface area contributed by atoms with Gasteiger partial charge >= 0.3 is 0 Å². The van der Waals surface area contributed by atoms with Gasteiger partial charge in [-0.15, -0.1) is 0 Å². The Morgan fingerprint density at radius 3 is 2.40 bits per heavy atom. The summed E-state index contributed by atoms with van der Waals surface area (Å²) in [5, 5.41) is 0. The maximum atomic E-state index is 11.5. The van der Waals surface area contributed by atoms with Gasteiger partial charge in [-0.05, 0) is 25.8 Å². The molecular weight excluding hydrogens is 133 g/mol. The zero-order valence-corrected chi connectivity index (χ0v) is 6.31. The first kappa shape index (κ1) is 9.85. The van der Waals surface area contributed by atoms with E-state index in [1.807, 2.05) is 0 Å². The predicted octanol–water partition coefficient (Wildman–Crippen LogP) is 1.10. The summed E-state index contributed by atoms with van der Waals surface area (Å²) >= 11 is 0. The Balaban J connectivity index is 2.65. The molecule has 2 nitrogen and oxygen atoms in total. The van der Waals surface area contributed by atoms with E-state index in [4.69, 9.17) is 10.5 Å². The van der Waals surface area contributed by atoms with Crippen LogP contribution in [0, 0.1) is 0 Å². The Kier molecular flexibility index (Phi) is 8.72. The highest BCUT2D eigenvalue weighted by Crippen LogP contribution is 1.90. The fraction of sp³-hybridized carbons (Fsp3) is 1.00. The summed E-state index contributed by atoms with van der Waals surface area (Å²) in [6.07, 6.45) is 2.33. The molecular formula is C7H16FNO. The fourth-order valence-electron chi connectivity index (χ4n) is 0.586. The van der Waals surface area contributed by atoms with Gasteiger partial charge in [-0.25, -0.2) is 0 Å². The molecule has 0 atom stereocenters. The van der Waals surface area contributed by atoms with Gasteiger partial charge in [0.15, 0.2) is 0 Å². The van der Waals surface area contributed by atoms with Crippen LogP contribution in [0.5, 0.6) is 0 Å². The van der Waals surface area contributed by atoms with E-state index < -0.39 is 0 Å². The van der Waals surface area contributed by atoms with Gasteiger partial charge in [0.25, 0.3) is 0 Å². The molecule has 0 aliphatic rings. The first-order chi connectivity index (χ1) is 4.91. The van der Waals surface area contributed by atoms with Crippen LogP contribution in [0.3, 0.4) is 0 Å². The van der Waals surface area contributed by atoms with E-state index in [1.54, 1.807) is 0 Å². The van der Waals surface area contributed by atoms with Gasteiger partial charge in [0.2, 0.25) is 0 Å². The SMILES string of the molecule is NCCCOCCCCF. The molecule has 0 aromatic carbocycles. The molecule has 0 amide bonds. The van der Waals surface area contributed by atoms with E-state index in [9.17, 15) is 4.39 Å². The van der Waals surface area contributed by atoms with Crippen LogP contribution in [0.25, 0.3) is 0 Å². The second kappa shape index (κ2) is 8.85. The quantitative estimate of drug-likeness (QED) is 0.550. The molecule has 0 aliphatic carbocycles. The van der Waals surface area contributed by atoms with Crippen molar-refractivity contribution in [2.45, 2.75) is 19.3 Å². The molecule has 2 N–H and O–H groups in total. The van der Waals surface area contributed by atoms with E-state index >= 15 is 0 Å². The van der Waals surface area contributed by atoms with Gasteiger partial charge in [0.05, 0.1) is 6.67 Å². The minimum Gasteiger partial charge on any atom is -0.381 e. The maximum Gasteiger partial charge on any atom is 0.0895 e. The van der Waals surface area contributed by atoms with Crippen molar-refractivity contribution in [1.29, 1.82) is 0 Å². The van der Waals surface area contributed by atoms with E-state index in [1.165, 1.54) is 0 Å². The van der Waals surface area contributed by atoms with Crippen LogP contribution in [-0.4, -0.2) is 26.4 Å². The van der Waals surface area contributed by atoms with Crippen molar-refractivity contribution < 1.29 is 9.13 Å². The Labute approximate surface area is 61.5 Å². The number of halogens is 1. The normalized spacial score (nSPS) is 10.2. The molecule has 0 saturated heterocycles. The third kappa shape index (κ3) is 7.85. The number of ether oxygens (including phenoxy) is 1. The van der Waals surface area contributed by atoms with Crippen molar-refractivity contribution in [2.24, 2.45) is 5.73 Å². The Morgan fingerprint density at radius 2 is 1.80 bits per heavy atom. The standard InChI is InChI=1S/C7H16FNO/c8-4-1-2-6-10-7-3-5-9/h1-7,9H2. The Bertz CT molecular complexity index is 53.6. The Morgan fingerprint density at radius 1 is 1.10 bits per heavy atom. The number of alkyl halides is 1. The van der Waals surface area contributed by atoms with Crippen molar-refractivity contribution in [3.05, 3.63) is 0 Å². The molecule has 10 heavy (non-hydrogen) atoms. The van der Waals surface area contributed by atoms with Crippen molar-refractivity contribution >= 4 is 0 Å². The van der Waals surface area contributed by atoms with Gasteiger partial charge in [-0.3, -0.25) is 4.39 Å². The van der Waals surface area contributed by atoms with Crippen LogP contribution in [0.2, 0.25) is 0 Å². The highest BCUT2D eigenvalue weighted by atomic mass is 19.1. The first-order valence-corrected chi connectivity index (χ1v) is 3.75. The van der Waals surface area contributed by atoms with Crippen molar-refractivity contribution in [3.63, 3.8) is 0 Å². The maximum absolute atomic E-state index is 11.5. The average molecular weight is 149 g/mol. The summed E-state index contributed by atoms with van der Waals surface area (Å²) in [6.45, 7) is 1.82. The van der Waals surface area contributed by atoms with Crippen molar-refractivity contribution in [1.82, 2.24) is 0 Å². The van der Waals surface area contributed by atoms with Gasteiger partial charge in [0.1, 0.15) is 0 Å². The molecule has 3 heteroatoms. The molecule has 0 aromatic rings. The lowest BCUT2D eigenvalue weighted by Crippen LogP contribution is -2.05. The van der Waals surface area contributed by atoms with Crippen LogP contribution in [0.15, 0.2) is 0 Å². The first-order valence-electron chi connectivity index (χ1n) is 3.75. The van der Waals surface area contributed by atoms with Crippen molar-refractivity contribution in [2.75, 3.05) is 26.4 Å². The highest BCUT2D eigenvalue weighted by Gasteiger charge is 1.87. The summed E-state index contributed by atoms with van der Waals surface area (Å²) in [4.78, 5) is 0. The van der Waals surface area contributed by atoms with E-state index in [0.29, 0.717) is 26.2 Å². The number of hydrogen-bond acceptors (Lipinski definition) is 2. The van der Waals surface area contributed by atoms with Crippen LogP contribution in [0.1, 0.15) is 19.3 Å². The third-order valence-corrected chi connectivity index (χ3v) is 1.17. The van der Waals surface area contributed by atoms with Crippen LogP contribution in [0.4, 0.5) is 4.39 Å². The molecule has 0 unspecified atom stereocenters. The van der Waals surface area contributed by atoms with Gasteiger partial charge in [0, 0.05) is 13.2 Å².